The third-order valence-electron chi connectivity index (χ3n) is 5.09. The third-order valence-corrected chi connectivity index (χ3v) is 5.09. The van der Waals surface area contributed by atoms with E-state index >= 15 is 0 Å². The standard InChI is InChI=1S/C18H18N12/c19-1-7-8(2-20)26-14-13(25-7)15-17(29-10(4-22)9(3-21)27-15)18-16(14)28-11(5-23)12(6-24)30-18/h1-5,7,9-10,12,19-23,25,27,29-30H. The van der Waals surface area contributed by atoms with Crippen LogP contribution in [0.25, 0.3) is 0 Å². The van der Waals surface area contributed by atoms with Gasteiger partial charge in [-0.05, 0) is 0 Å². The maximum absolute atomic E-state index is 9.49. The van der Waals surface area contributed by atoms with Gasteiger partial charge in [0, 0.05) is 31.1 Å². The molecule has 0 amide bonds. The molecule has 0 saturated carbocycles. The van der Waals surface area contributed by atoms with Crippen LogP contribution in [-0.4, -0.2) is 66.7 Å². The molecule has 9 N–H and O–H groups in total. The SMILES string of the molecule is N#CC1Nc2c(c3c(c4c2NC(C=N)C(C=N)N4)NC(C=N)C(C=N)=N3)N=C1C=N. The van der Waals surface area contributed by atoms with Crippen LogP contribution in [0.15, 0.2) is 9.98 Å². The number of hydrogen-bond donors (Lipinski definition) is 9. The summed E-state index contributed by atoms with van der Waals surface area (Å²) in [6.45, 7) is 0. The van der Waals surface area contributed by atoms with Crippen LogP contribution in [0.5, 0.6) is 0 Å². The number of nitrogens with one attached hydrogen (secondary N) is 9. The van der Waals surface area contributed by atoms with Crippen molar-refractivity contribution in [3.8, 4) is 6.07 Å². The minimum absolute atomic E-state index is 0.220. The second-order valence-electron chi connectivity index (χ2n) is 6.73. The van der Waals surface area contributed by atoms with Gasteiger partial charge >= 0.3 is 0 Å². The summed E-state index contributed by atoms with van der Waals surface area (Å²) in [5.41, 5.74) is 3.44. The fourth-order valence-corrected chi connectivity index (χ4v) is 3.62. The lowest BCUT2D eigenvalue weighted by atomic mass is 9.97. The van der Waals surface area contributed by atoms with Crippen molar-refractivity contribution in [3.63, 3.8) is 0 Å². The van der Waals surface area contributed by atoms with Crippen LogP contribution >= 0.6 is 0 Å². The fraction of sp³-hybridized carbons (Fsp3) is 0.222. The maximum Gasteiger partial charge on any atom is 0.158 e. The van der Waals surface area contributed by atoms with Gasteiger partial charge in [0.1, 0.15) is 17.4 Å². The Labute approximate surface area is 171 Å². The molecule has 1 aromatic rings. The van der Waals surface area contributed by atoms with E-state index in [2.05, 4.69) is 37.3 Å². The van der Waals surface area contributed by atoms with Crippen molar-refractivity contribution in [3.05, 3.63) is 0 Å². The summed E-state index contributed by atoms with van der Waals surface area (Å²) in [6, 6.07) is -0.385. The summed E-state index contributed by atoms with van der Waals surface area (Å²) in [6.07, 6.45) is 5.58. The molecule has 4 rings (SSSR count). The molecule has 3 aliphatic heterocycles. The molecule has 150 valence electrons. The number of anilines is 4. The number of aliphatic imine (C=N–C) groups is 2. The van der Waals surface area contributed by atoms with Crippen molar-refractivity contribution in [2.75, 3.05) is 21.3 Å². The van der Waals surface area contributed by atoms with Gasteiger partial charge in [0.2, 0.25) is 0 Å². The lowest BCUT2D eigenvalue weighted by molar-refractivity contribution is 0.853. The number of fused-ring (bicyclic) bond motifs is 6. The second-order valence-corrected chi connectivity index (χ2v) is 6.73. The summed E-state index contributed by atoms with van der Waals surface area (Å²) in [4.78, 5) is 9.02. The van der Waals surface area contributed by atoms with E-state index in [9.17, 15) is 5.26 Å². The van der Waals surface area contributed by atoms with Crippen LogP contribution in [0.4, 0.5) is 34.1 Å². The smallest absolute Gasteiger partial charge is 0.158 e. The van der Waals surface area contributed by atoms with Gasteiger partial charge in [0.05, 0.1) is 52.3 Å². The molecule has 1 aromatic carbocycles. The molecule has 0 fully saturated rings. The Bertz CT molecular complexity index is 1090. The highest BCUT2D eigenvalue weighted by molar-refractivity contribution is 6.39. The zero-order valence-electron chi connectivity index (χ0n) is 15.5. The number of nitriles is 1. The molecule has 0 aliphatic carbocycles. The molecule has 12 nitrogen and oxygen atoms in total. The molecule has 0 spiro atoms. The van der Waals surface area contributed by atoms with Crippen LogP contribution in [0.2, 0.25) is 0 Å². The van der Waals surface area contributed by atoms with E-state index in [0.29, 0.717) is 39.8 Å². The van der Waals surface area contributed by atoms with E-state index in [1.54, 1.807) is 0 Å². The first kappa shape index (κ1) is 18.9. The van der Waals surface area contributed by atoms with Crippen molar-refractivity contribution >= 4 is 76.6 Å². The highest BCUT2D eigenvalue weighted by Gasteiger charge is 2.37. The van der Waals surface area contributed by atoms with Gasteiger partial charge in [-0.2, -0.15) is 5.26 Å². The van der Waals surface area contributed by atoms with Crippen LogP contribution in [0.1, 0.15) is 0 Å². The van der Waals surface area contributed by atoms with Crippen LogP contribution in [0.3, 0.4) is 0 Å². The lowest BCUT2D eigenvalue weighted by Crippen LogP contribution is -2.46. The highest BCUT2D eigenvalue weighted by atomic mass is 15.2. The molecule has 30 heavy (non-hydrogen) atoms. The van der Waals surface area contributed by atoms with Crippen molar-refractivity contribution in [2.24, 2.45) is 9.98 Å². The molecule has 3 aliphatic rings. The summed E-state index contributed by atoms with van der Waals surface area (Å²) in [5, 5.41) is 60.5. The van der Waals surface area contributed by atoms with E-state index in [1.807, 2.05) is 0 Å². The second kappa shape index (κ2) is 7.21. The van der Waals surface area contributed by atoms with Gasteiger partial charge in [-0.1, -0.05) is 0 Å². The summed E-state index contributed by atoms with van der Waals surface area (Å²) in [7, 11) is 0. The zero-order chi connectivity index (χ0) is 21.4. The highest BCUT2D eigenvalue weighted by Crippen LogP contribution is 2.56. The Balaban J connectivity index is 2.04. The Morgan fingerprint density at radius 2 is 1.23 bits per heavy atom. The quantitative estimate of drug-likeness (QED) is 0.335. The maximum atomic E-state index is 9.49. The average Bonchev–Trinajstić information content (AvgIpc) is 2.81. The van der Waals surface area contributed by atoms with Gasteiger partial charge in [-0.15, -0.1) is 0 Å². The van der Waals surface area contributed by atoms with Crippen molar-refractivity contribution < 1.29 is 0 Å². The molecule has 0 aromatic heterocycles. The van der Waals surface area contributed by atoms with E-state index in [-0.39, 0.29) is 5.71 Å². The van der Waals surface area contributed by atoms with Gasteiger partial charge in [-0.25, -0.2) is 9.98 Å². The van der Waals surface area contributed by atoms with Gasteiger partial charge in [0.25, 0.3) is 0 Å². The molecule has 4 atom stereocenters. The van der Waals surface area contributed by atoms with Gasteiger partial charge < -0.3 is 48.3 Å². The van der Waals surface area contributed by atoms with Crippen LogP contribution in [0, 0.1) is 38.4 Å². The van der Waals surface area contributed by atoms with Gasteiger partial charge in [-0.3, -0.25) is 0 Å². The third kappa shape index (κ3) is 2.64. The number of rotatable bonds is 5. The number of benzene rings is 1. The first-order valence-corrected chi connectivity index (χ1v) is 8.99. The Morgan fingerprint density at radius 1 is 0.700 bits per heavy atom. The number of hydrogen-bond acceptors (Lipinski definition) is 12. The van der Waals surface area contributed by atoms with E-state index in [0.717, 1.165) is 18.6 Å². The van der Waals surface area contributed by atoms with Crippen molar-refractivity contribution in [1.29, 1.82) is 32.3 Å². The van der Waals surface area contributed by atoms with Crippen molar-refractivity contribution in [2.45, 2.75) is 24.2 Å². The largest absolute Gasteiger partial charge is 0.371 e. The lowest BCUT2D eigenvalue weighted by Gasteiger charge is -2.38. The molecule has 12 heteroatoms. The molecule has 0 bridgehead atoms. The first-order chi connectivity index (χ1) is 14.6. The predicted molar refractivity (Wildman–Crippen MR) is 120 cm³/mol. The number of nitrogens with zero attached hydrogens (tertiary/aromatic N) is 3. The summed E-state index contributed by atoms with van der Waals surface area (Å²) < 4.78 is 0. The Morgan fingerprint density at radius 3 is 1.70 bits per heavy atom. The van der Waals surface area contributed by atoms with Crippen LogP contribution in [-0.2, 0) is 0 Å². The molecular weight excluding hydrogens is 384 g/mol. The molecule has 0 saturated heterocycles. The monoisotopic (exact) mass is 402 g/mol. The molecule has 0 radical (unpaired) electrons. The molecular formula is C18H18N12. The van der Waals surface area contributed by atoms with Crippen LogP contribution < -0.4 is 21.3 Å². The van der Waals surface area contributed by atoms with Gasteiger partial charge in [0.15, 0.2) is 6.04 Å². The minimum Gasteiger partial charge on any atom is -0.371 e. The molecule has 3 heterocycles. The summed E-state index contributed by atoms with van der Waals surface area (Å²) >= 11 is 0. The predicted octanol–water partition coefficient (Wildman–Crippen LogP) is 1.77. The van der Waals surface area contributed by atoms with E-state index in [1.165, 1.54) is 12.4 Å². The zero-order valence-corrected chi connectivity index (χ0v) is 15.5. The normalized spacial score (nSPS) is 25.4. The fourth-order valence-electron chi connectivity index (χ4n) is 3.62. The molecule has 4 unspecified atom stereocenters. The average molecular weight is 402 g/mol. The van der Waals surface area contributed by atoms with E-state index < -0.39 is 24.2 Å². The Hall–Kier alpha value is -4.40. The minimum atomic E-state index is -0.838. The first-order valence-electron chi connectivity index (χ1n) is 8.99. The van der Waals surface area contributed by atoms with E-state index in [4.69, 9.17) is 27.0 Å². The topological polar surface area (TPSA) is 216 Å². The summed E-state index contributed by atoms with van der Waals surface area (Å²) in [5.74, 6) is 0. The Kier molecular flexibility index (Phi) is 4.55. The van der Waals surface area contributed by atoms with Crippen molar-refractivity contribution in [1.82, 2.24) is 0 Å².